The Morgan fingerprint density at radius 1 is 0.317 bits per heavy atom. The van der Waals surface area contributed by atoms with E-state index in [4.69, 9.17) is 28.4 Å². The van der Waals surface area contributed by atoms with Gasteiger partial charge in [0, 0.05) is 6.42 Å². The molecule has 0 bridgehead atoms. The number of unbranched alkanes of at least 4 members (excludes halogenated alkanes) is 54. The van der Waals surface area contributed by atoms with Crippen LogP contribution in [0.15, 0.2) is 0 Å². The first kappa shape index (κ1) is 94.0. The van der Waals surface area contributed by atoms with E-state index < -0.39 is 124 Å². The zero-order chi connectivity index (χ0) is 73.2. The molecule has 0 radical (unpaired) electrons. The zero-order valence-corrected chi connectivity index (χ0v) is 64.4. The van der Waals surface area contributed by atoms with Gasteiger partial charge in [-0.25, -0.2) is 0 Å². The molecule has 0 aromatic heterocycles. The molecule has 3 aliphatic rings. The molecule has 19 nitrogen and oxygen atoms in total. The van der Waals surface area contributed by atoms with Gasteiger partial charge in [0.05, 0.1) is 38.6 Å². The molecule has 17 unspecified atom stereocenters. The summed E-state index contributed by atoms with van der Waals surface area (Å²) in [6.45, 7) is 1.87. The van der Waals surface area contributed by atoms with Crippen LogP contribution in [0.5, 0.6) is 0 Å². The van der Waals surface area contributed by atoms with Gasteiger partial charge in [-0.3, -0.25) is 4.79 Å². The van der Waals surface area contributed by atoms with Gasteiger partial charge in [-0.15, -0.1) is 0 Å². The van der Waals surface area contributed by atoms with E-state index in [2.05, 4.69) is 19.2 Å². The molecule has 19 heteroatoms. The van der Waals surface area contributed by atoms with E-state index >= 15 is 0 Å². The van der Waals surface area contributed by atoms with Crippen molar-refractivity contribution in [3.63, 3.8) is 0 Å². The first-order chi connectivity index (χ1) is 49.3. The van der Waals surface area contributed by atoms with Crippen LogP contribution in [0.3, 0.4) is 0 Å². The number of aliphatic hydroxyl groups is 11. The van der Waals surface area contributed by atoms with Crippen molar-refractivity contribution in [1.82, 2.24) is 5.32 Å². The Morgan fingerprint density at radius 2 is 0.564 bits per heavy atom. The lowest BCUT2D eigenvalue weighted by atomic mass is 9.96. The van der Waals surface area contributed by atoms with Crippen LogP contribution < -0.4 is 5.32 Å². The quantitative estimate of drug-likeness (QED) is 0.0252. The molecule has 3 rings (SSSR count). The highest BCUT2D eigenvalue weighted by atomic mass is 16.8. The molecule has 17 atom stereocenters. The molecular weight excluding hydrogens is 1290 g/mol. The molecule has 3 aliphatic heterocycles. The zero-order valence-electron chi connectivity index (χ0n) is 64.4. The van der Waals surface area contributed by atoms with E-state index in [1.165, 1.54) is 308 Å². The van der Waals surface area contributed by atoms with E-state index in [1.807, 2.05) is 0 Å². The lowest BCUT2D eigenvalue weighted by molar-refractivity contribution is -0.379. The highest BCUT2D eigenvalue weighted by molar-refractivity contribution is 5.76. The fraction of sp³-hybridized carbons (Fsp3) is 0.988. The van der Waals surface area contributed by atoms with Crippen LogP contribution in [-0.4, -0.2) is 193 Å². The third-order valence-electron chi connectivity index (χ3n) is 21.9. The number of carbonyl (C=O) groups is 1. The van der Waals surface area contributed by atoms with E-state index in [0.29, 0.717) is 12.8 Å². The van der Waals surface area contributed by atoms with Gasteiger partial charge < -0.3 is 89.9 Å². The van der Waals surface area contributed by atoms with Gasteiger partial charge in [0.25, 0.3) is 0 Å². The summed E-state index contributed by atoms with van der Waals surface area (Å²) in [6, 6.07) is -0.883. The molecule has 1 amide bonds. The van der Waals surface area contributed by atoms with Crippen molar-refractivity contribution in [1.29, 1.82) is 0 Å². The minimum absolute atomic E-state index is 0.233. The lowest BCUT2D eigenvalue weighted by Crippen LogP contribution is -2.66. The number of rotatable bonds is 70. The summed E-state index contributed by atoms with van der Waals surface area (Å²) in [5.74, 6) is -0.233. The summed E-state index contributed by atoms with van der Waals surface area (Å²) < 4.78 is 34.5. The molecule has 101 heavy (non-hydrogen) atoms. The highest BCUT2D eigenvalue weighted by Gasteiger charge is 2.54. The van der Waals surface area contributed by atoms with E-state index in [0.717, 1.165) is 44.9 Å². The molecule has 3 saturated heterocycles. The number of ether oxygens (including phenoxy) is 6. The van der Waals surface area contributed by atoms with Crippen molar-refractivity contribution < 1.29 is 89.4 Å². The number of aliphatic hydroxyl groups excluding tert-OH is 11. The van der Waals surface area contributed by atoms with E-state index in [-0.39, 0.29) is 18.9 Å². The Bertz CT molecular complexity index is 1820. The van der Waals surface area contributed by atoms with Crippen LogP contribution in [0.4, 0.5) is 0 Å². The molecule has 0 saturated carbocycles. The second-order valence-electron chi connectivity index (χ2n) is 31.0. The van der Waals surface area contributed by atoms with Gasteiger partial charge in [-0.05, 0) is 12.8 Å². The average molecular weight is 1450 g/mol. The van der Waals surface area contributed by atoms with Crippen molar-refractivity contribution in [3.8, 4) is 0 Å². The summed E-state index contributed by atoms with van der Waals surface area (Å²) in [5, 5.41) is 121. The maximum absolute atomic E-state index is 13.5. The highest BCUT2D eigenvalue weighted by Crippen LogP contribution is 2.34. The molecule has 3 fully saturated rings. The maximum atomic E-state index is 13.5. The number of amides is 1. The van der Waals surface area contributed by atoms with Gasteiger partial charge in [-0.1, -0.05) is 367 Å². The third-order valence-corrected chi connectivity index (χ3v) is 21.9. The van der Waals surface area contributed by atoms with Crippen LogP contribution in [0.1, 0.15) is 386 Å². The van der Waals surface area contributed by atoms with Gasteiger partial charge in [0.1, 0.15) is 73.2 Å². The van der Waals surface area contributed by atoms with Crippen molar-refractivity contribution >= 4 is 5.91 Å². The van der Waals surface area contributed by atoms with Crippen LogP contribution in [0.25, 0.3) is 0 Å². The van der Waals surface area contributed by atoms with Crippen LogP contribution in [0.2, 0.25) is 0 Å². The van der Waals surface area contributed by atoms with Crippen LogP contribution in [0, 0.1) is 0 Å². The van der Waals surface area contributed by atoms with Crippen LogP contribution >= 0.6 is 0 Å². The molecule has 0 aromatic carbocycles. The number of carbonyl (C=O) groups excluding carboxylic acids is 1. The minimum atomic E-state index is -1.97. The minimum Gasteiger partial charge on any atom is -0.394 e. The Kier molecular flexibility index (Phi) is 59.3. The Labute approximate surface area is 614 Å². The smallest absolute Gasteiger partial charge is 0.220 e. The Balaban J connectivity index is 1.28. The number of nitrogens with one attached hydrogen (secondary N) is 1. The Morgan fingerprint density at radius 3 is 0.861 bits per heavy atom. The summed E-state index contributed by atoms with van der Waals surface area (Å²) in [6.07, 6.45) is 48.0. The van der Waals surface area contributed by atoms with E-state index in [9.17, 15) is 61.0 Å². The summed E-state index contributed by atoms with van der Waals surface area (Å²) in [4.78, 5) is 13.5. The summed E-state index contributed by atoms with van der Waals surface area (Å²) in [7, 11) is 0. The predicted molar refractivity (Wildman–Crippen MR) is 402 cm³/mol. The molecule has 3 heterocycles. The van der Waals surface area contributed by atoms with Gasteiger partial charge in [0.2, 0.25) is 5.91 Å². The van der Waals surface area contributed by atoms with E-state index in [1.54, 1.807) is 0 Å². The normalized spacial score (nSPS) is 26.2. The molecule has 0 spiro atoms. The number of hydrogen-bond donors (Lipinski definition) is 12. The number of hydrogen-bond acceptors (Lipinski definition) is 18. The van der Waals surface area contributed by atoms with Gasteiger partial charge in [-0.2, -0.15) is 0 Å². The van der Waals surface area contributed by atoms with Crippen LogP contribution in [-0.2, 0) is 33.2 Å². The summed E-state index contributed by atoms with van der Waals surface area (Å²) in [5.41, 5.74) is 0. The third kappa shape index (κ3) is 43.5. The lowest BCUT2D eigenvalue weighted by Gasteiger charge is -2.48. The monoisotopic (exact) mass is 1450 g/mol. The van der Waals surface area contributed by atoms with Crippen molar-refractivity contribution in [2.24, 2.45) is 0 Å². The van der Waals surface area contributed by atoms with Crippen molar-refractivity contribution in [2.75, 3.05) is 26.4 Å². The Hall–Kier alpha value is -1.21. The van der Waals surface area contributed by atoms with Gasteiger partial charge >= 0.3 is 0 Å². The van der Waals surface area contributed by atoms with Crippen molar-refractivity contribution in [3.05, 3.63) is 0 Å². The first-order valence-corrected chi connectivity index (χ1v) is 42.8. The fourth-order valence-electron chi connectivity index (χ4n) is 15.1. The molecular formula is C82H159NO18. The molecule has 12 N–H and O–H groups in total. The molecule has 600 valence electrons. The molecule has 0 aliphatic carbocycles. The second kappa shape index (κ2) is 63.7. The SMILES string of the molecule is CCCCCCCCCCCCCCCCCCCCCCCCCCCCCCCCCCCCCCCCCC(=O)NC(COC1OC(CO)C(OC2OC(CO)C(OC3OC(CO)C(O)C(O)C3O)C(O)C2O)C(O)C1O)C(O)CCCCCCCCCCCCCCCCCCC. The fourth-order valence-corrected chi connectivity index (χ4v) is 15.1. The maximum Gasteiger partial charge on any atom is 0.220 e. The topological polar surface area (TPSA) is 307 Å². The van der Waals surface area contributed by atoms with Gasteiger partial charge in [0.15, 0.2) is 18.9 Å². The first-order valence-electron chi connectivity index (χ1n) is 42.8. The largest absolute Gasteiger partial charge is 0.394 e. The van der Waals surface area contributed by atoms with Crippen molar-refractivity contribution in [2.45, 2.75) is 491 Å². The standard InChI is InChI=1S/C82H159NO18/c1-3-5-7-9-11-13-15-17-19-21-22-23-24-25-26-27-28-29-30-31-32-33-34-35-36-37-38-39-40-41-42-44-46-48-50-52-54-56-58-60-70(88)83-65(66(87)59-57-55-53-51-49-47-45-43-20-18-16-14-12-10-8-6-4-2)64-96-80-76(94)73(91)78(68(62-85)98-80)101-82-77(95)74(92)79(69(63-86)99-82)100-81-75(93)72(90)71(89)67(61-84)97-81/h65-69,71-82,84-87,89-95H,3-64H2,1-2H3,(H,83,88). The second-order valence-corrected chi connectivity index (χ2v) is 31.0. The molecule has 0 aromatic rings. The summed E-state index contributed by atoms with van der Waals surface area (Å²) >= 11 is 0. The predicted octanol–water partition coefficient (Wildman–Crippen LogP) is 15.0. The average Bonchev–Trinajstić information content (AvgIpc) is 0.792.